The lowest BCUT2D eigenvalue weighted by atomic mass is 10.1. The molecule has 0 amide bonds. The van der Waals surface area contributed by atoms with Gasteiger partial charge in [-0.2, -0.15) is 4.98 Å². The number of nitrogens with one attached hydrogen (secondary N) is 1. The van der Waals surface area contributed by atoms with E-state index in [1.165, 1.54) is 25.7 Å². The third-order valence-electron chi connectivity index (χ3n) is 4.52. The molecular formula is C16H23N5OS. The van der Waals surface area contributed by atoms with Crippen LogP contribution in [-0.2, 0) is 13.1 Å². The van der Waals surface area contributed by atoms with Crippen molar-refractivity contribution in [1.29, 1.82) is 0 Å². The van der Waals surface area contributed by atoms with E-state index < -0.39 is 0 Å². The summed E-state index contributed by atoms with van der Waals surface area (Å²) < 4.78 is 5.35. The molecule has 0 aromatic carbocycles. The van der Waals surface area contributed by atoms with E-state index in [9.17, 15) is 0 Å². The third-order valence-corrected chi connectivity index (χ3v) is 5.34. The van der Waals surface area contributed by atoms with Crippen molar-refractivity contribution in [2.24, 2.45) is 0 Å². The number of hydrogen-bond donors (Lipinski definition) is 1. The van der Waals surface area contributed by atoms with Crippen molar-refractivity contribution in [2.45, 2.75) is 57.7 Å². The molecule has 2 aliphatic rings. The van der Waals surface area contributed by atoms with Crippen LogP contribution in [0.1, 0.15) is 54.0 Å². The molecule has 3 heterocycles. The molecule has 1 saturated heterocycles. The zero-order valence-corrected chi connectivity index (χ0v) is 14.3. The molecule has 1 atom stereocenters. The Morgan fingerprint density at radius 1 is 1.35 bits per heavy atom. The van der Waals surface area contributed by atoms with Crippen LogP contribution in [0.15, 0.2) is 9.90 Å². The van der Waals surface area contributed by atoms with E-state index >= 15 is 0 Å². The molecule has 2 fully saturated rings. The summed E-state index contributed by atoms with van der Waals surface area (Å²) in [6.45, 7) is 5.86. The fourth-order valence-electron chi connectivity index (χ4n) is 3.13. The van der Waals surface area contributed by atoms with Gasteiger partial charge in [-0.1, -0.05) is 5.16 Å². The predicted octanol–water partition coefficient (Wildman–Crippen LogP) is 2.47. The maximum atomic E-state index is 5.35. The number of aryl methyl sites for hydroxylation is 1. The Labute approximate surface area is 140 Å². The molecular weight excluding hydrogens is 310 g/mol. The second-order valence-electron chi connectivity index (χ2n) is 6.64. The molecule has 6 nitrogen and oxygen atoms in total. The molecule has 7 heteroatoms. The van der Waals surface area contributed by atoms with Crippen LogP contribution >= 0.6 is 11.3 Å². The first-order valence-corrected chi connectivity index (χ1v) is 9.33. The minimum atomic E-state index is 0.514. The lowest BCUT2D eigenvalue weighted by Gasteiger charge is -2.32. The average Bonchev–Trinajstić information content (AvgIpc) is 3.16. The summed E-state index contributed by atoms with van der Waals surface area (Å²) in [4.78, 5) is 11.5. The first-order valence-electron chi connectivity index (χ1n) is 8.45. The van der Waals surface area contributed by atoms with Crippen LogP contribution in [0, 0.1) is 6.92 Å². The van der Waals surface area contributed by atoms with Gasteiger partial charge in [-0.15, -0.1) is 11.3 Å². The fraction of sp³-hybridized carbons (Fsp3) is 0.688. The highest BCUT2D eigenvalue weighted by atomic mass is 32.1. The number of likely N-dealkylation sites (tertiary alicyclic amines) is 1. The summed E-state index contributed by atoms with van der Waals surface area (Å²) in [6, 6.07) is 0.514. The smallest absolute Gasteiger partial charge is 0.229 e. The molecule has 0 radical (unpaired) electrons. The van der Waals surface area contributed by atoms with E-state index in [-0.39, 0.29) is 0 Å². The Morgan fingerprint density at radius 2 is 2.26 bits per heavy atom. The van der Waals surface area contributed by atoms with Crippen molar-refractivity contribution in [3.8, 4) is 0 Å². The molecule has 1 saturated carbocycles. The van der Waals surface area contributed by atoms with Crippen LogP contribution in [0.2, 0.25) is 0 Å². The Morgan fingerprint density at radius 3 is 3.04 bits per heavy atom. The summed E-state index contributed by atoms with van der Waals surface area (Å²) in [6.07, 6.45) is 4.83. The van der Waals surface area contributed by atoms with Crippen molar-refractivity contribution < 1.29 is 4.52 Å². The molecule has 0 unspecified atom stereocenters. The maximum absolute atomic E-state index is 5.35. The third kappa shape index (κ3) is 3.97. The molecule has 2 aromatic heterocycles. The van der Waals surface area contributed by atoms with Crippen LogP contribution < -0.4 is 5.32 Å². The van der Waals surface area contributed by atoms with Crippen LogP contribution in [0.4, 0.5) is 0 Å². The van der Waals surface area contributed by atoms with Crippen molar-refractivity contribution in [1.82, 2.24) is 25.3 Å². The minimum Gasteiger partial charge on any atom is -0.339 e. The first kappa shape index (κ1) is 15.2. The van der Waals surface area contributed by atoms with E-state index in [1.807, 2.05) is 0 Å². The van der Waals surface area contributed by atoms with E-state index in [4.69, 9.17) is 4.52 Å². The van der Waals surface area contributed by atoms with Gasteiger partial charge in [0.2, 0.25) is 5.89 Å². The predicted molar refractivity (Wildman–Crippen MR) is 88.3 cm³/mol. The summed E-state index contributed by atoms with van der Waals surface area (Å²) in [5, 5.41) is 11.1. The minimum absolute atomic E-state index is 0.514. The van der Waals surface area contributed by atoms with Gasteiger partial charge in [0.1, 0.15) is 0 Å². The molecule has 4 rings (SSSR count). The highest BCUT2D eigenvalue weighted by molar-refractivity contribution is 7.09. The van der Waals surface area contributed by atoms with Gasteiger partial charge in [-0.3, -0.25) is 4.90 Å². The largest absolute Gasteiger partial charge is 0.339 e. The second-order valence-corrected chi connectivity index (χ2v) is 7.70. The summed E-state index contributed by atoms with van der Waals surface area (Å²) in [5.41, 5.74) is 1.15. The maximum Gasteiger partial charge on any atom is 0.229 e. The number of piperidine rings is 1. The molecule has 0 spiro atoms. The summed E-state index contributed by atoms with van der Waals surface area (Å²) in [7, 11) is 0. The van der Waals surface area contributed by atoms with Crippen molar-refractivity contribution >= 4 is 11.3 Å². The lowest BCUT2D eigenvalue weighted by Crippen LogP contribution is -2.45. The van der Waals surface area contributed by atoms with Gasteiger partial charge in [0, 0.05) is 30.4 Å². The number of hydrogen-bond acceptors (Lipinski definition) is 7. The molecule has 1 aliphatic carbocycles. The Kier molecular flexibility index (Phi) is 4.41. The van der Waals surface area contributed by atoms with Gasteiger partial charge in [-0.25, -0.2) is 4.98 Å². The van der Waals surface area contributed by atoms with Gasteiger partial charge in [0.15, 0.2) is 5.82 Å². The van der Waals surface area contributed by atoms with Crippen LogP contribution in [0.5, 0.6) is 0 Å². The van der Waals surface area contributed by atoms with E-state index in [1.54, 1.807) is 11.3 Å². The monoisotopic (exact) mass is 333 g/mol. The second kappa shape index (κ2) is 6.67. The number of nitrogens with zero attached hydrogens (tertiary/aromatic N) is 4. The van der Waals surface area contributed by atoms with Gasteiger partial charge in [0.05, 0.1) is 17.2 Å². The molecule has 0 bridgehead atoms. The fourth-order valence-corrected chi connectivity index (χ4v) is 3.74. The van der Waals surface area contributed by atoms with E-state index in [2.05, 4.69) is 37.6 Å². The van der Waals surface area contributed by atoms with Crippen molar-refractivity contribution in [3.05, 3.63) is 27.8 Å². The summed E-state index contributed by atoms with van der Waals surface area (Å²) in [5.74, 6) is 2.21. The lowest BCUT2D eigenvalue weighted by molar-refractivity contribution is 0.177. The quantitative estimate of drug-likeness (QED) is 0.876. The average molecular weight is 333 g/mol. The Hall–Kier alpha value is -1.31. The van der Waals surface area contributed by atoms with Gasteiger partial charge < -0.3 is 9.84 Å². The highest BCUT2D eigenvalue weighted by Crippen LogP contribution is 2.38. The van der Waals surface area contributed by atoms with Gasteiger partial charge in [0.25, 0.3) is 0 Å². The molecule has 23 heavy (non-hydrogen) atoms. The highest BCUT2D eigenvalue weighted by Gasteiger charge is 2.30. The molecule has 124 valence electrons. The van der Waals surface area contributed by atoms with Crippen LogP contribution in [0.3, 0.4) is 0 Å². The normalized spacial score (nSPS) is 22.6. The van der Waals surface area contributed by atoms with Gasteiger partial charge in [-0.05, 0) is 39.2 Å². The van der Waals surface area contributed by atoms with E-state index in [0.717, 1.165) is 48.6 Å². The Bertz CT molecular complexity index is 650. The SMILES string of the molecule is Cc1nc(CN[C@@H]2CCCN(Cc3noc(C4CC4)n3)C2)cs1. The van der Waals surface area contributed by atoms with Crippen molar-refractivity contribution in [3.63, 3.8) is 0 Å². The van der Waals surface area contributed by atoms with Crippen molar-refractivity contribution in [2.75, 3.05) is 13.1 Å². The zero-order valence-electron chi connectivity index (χ0n) is 13.5. The standard InChI is InChI=1S/C16H23N5OS/c1-11-18-14(10-23-11)7-17-13-3-2-6-21(8-13)9-15-19-16(22-20-15)12-4-5-12/h10,12-13,17H,2-9H2,1H3/t13-/m1/s1. The van der Waals surface area contributed by atoms with Gasteiger partial charge >= 0.3 is 0 Å². The molecule has 1 N–H and O–H groups in total. The van der Waals surface area contributed by atoms with Crippen LogP contribution in [0.25, 0.3) is 0 Å². The van der Waals surface area contributed by atoms with Crippen LogP contribution in [-0.4, -0.2) is 39.2 Å². The molecule has 1 aliphatic heterocycles. The first-order chi connectivity index (χ1) is 11.3. The zero-order chi connectivity index (χ0) is 15.6. The summed E-state index contributed by atoms with van der Waals surface area (Å²) >= 11 is 1.71. The topological polar surface area (TPSA) is 67.1 Å². The van der Waals surface area contributed by atoms with E-state index in [0.29, 0.717) is 12.0 Å². The number of aromatic nitrogens is 3. The number of thiazole rings is 1. The Balaban J connectivity index is 1.27. The number of rotatable bonds is 6. The molecule has 2 aromatic rings.